The maximum Gasteiger partial charge on any atom is 0.0797 e. The molecule has 1 rings (SSSR count). The average molecular weight is 111 g/mol. The zero-order valence-corrected chi connectivity index (χ0v) is 4.61. The minimum Gasteiger partial charge on any atom is -0.253 e. The van der Waals surface area contributed by atoms with Gasteiger partial charge in [0, 0.05) is 11.1 Å². The lowest BCUT2D eigenvalue weighted by Gasteiger charge is -1.69. The smallest absolute Gasteiger partial charge is 0.0797 e. The van der Waals surface area contributed by atoms with E-state index in [-0.39, 0.29) is 0 Å². The van der Waals surface area contributed by atoms with Crippen molar-refractivity contribution in [3.05, 3.63) is 23.2 Å². The fraction of sp³-hybridized carbons (Fsp3) is 0. The Hall–Kier alpha value is -0.630. The molecule has 0 N–H and O–H groups in total. The van der Waals surface area contributed by atoms with Crippen molar-refractivity contribution in [2.75, 3.05) is 0 Å². The first-order valence-electron chi connectivity index (χ1n) is 1.94. The van der Waals surface area contributed by atoms with Crippen LogP contribution in [0.15, 0.2) is 18.3 Å². The molecule has 0 aromatic carbocycles. The van der Waals surface area contributed by atoms with Crippen LogP contribution < -0.4 is 0 Å². The molecule has 0 aliphatic carbocycles. The van der Waals surface area contributed by atoms with Crippen molar-refractivity contribution in [1.82, 2.24) is 4.98 Å². The van der Waals surface area contributed by atoms with Gasteiger partial charge in [-0.2, -0.15) is 0 Å². The molecule has 1 nitrogen and oxygen atoms in total. The first-order valence-corrected chi connectivity index (χ1v) is 2.82. The van der Waals surface area contributed by atoms with Gasteiger partial charge in [-0.15, -0.1) is 11.3 Å². The van der Waals surface area contributed by atoms with Gasteiger partial charge >= 0.3 is 0 Å². The zero-order valence-electron chi connectivity index (χ0n) is 3.79. The molecule has 7 heavy (non-hydrogen) atoms. The van der Waals surface area contributed by atoms with E-state index in [1.54, 1.807) is 29.1 Å². The van der Waals surface area contributed by atoms with E-state index in [0.717, 1.165) is 4.88 Å². The van der Waals surface area contributed by atoms with Crippen molar-refractivity contribution in [3.8, 4) is 0 Å². The van der Waals surface area contributed by atoms with Crippen LogP contribution in [-0.4, -0.2) is 4.98 Å². The van der Waals surface area contributed by atoms with Crippen LogP contribution in [0.25, 0.3) is 6.08 Å². The van der Waals surface area contributed by atoms with Crippen LogP contribution >= 0.6 is 11.3 Å². The Bertz CT molecular complexity index is 143. The molecule has 0 saturated heterocycles. The minimum absolute atomic E-state index is 1.13. The second-order valence-electron chi connectivity index (χ2n) is 1.11. The van der Waals surface area contributed by atoms with Gasteiger partial charge in [-0.1, -0.05) is 12.7 Å². The lowest BCUT2D eigenvalue weighted by molar-refractivity contribution is 1.42. The molecular weight excluding hydrogens is 106 g/mol. The Morgan fingerprint density at radius 2 is 2.71 bits per heavy atom. The van der Waals surface area contributed by atoms with Gasteiger partial charge in [0.25, 0.3) is 0 Å². The third-order valence-corrected chi connectivity index (χ3v) is 1.42. The van der Waals surface area contributed by atoms with E-state index < -0.39 is 0 Å². The molecule has 36 valence electrons. The Labute approximate surface area is 46.3 Å². The lowest BCUT2D eigenvalue weighted by Crippen LogP contribution is -1.50. The molecule has 2 heteroatoms. The molecule has 0 spiro atoms. The standard InChI is InChI=1S/C5H5NS/c1-2-5-3-6-4-7-5/h2-4H,1H2. The van der Waals surface area contributed by atoms with Crippen molar-refractivity contribution in [2.45, 2.75) is 0 Å². The van der Waals surface area contributed by atoms with E-state index in [1.807, 2.05) is 0 Å². The molecule has 1 heterocycles. The van der Waals surface area contributed by atoms with Gasteiger partial charge in [-0.3, -0.25) is 4.98 Å². The molecule has 1 aromatic rings. The summed E-state index contributed by atoms with van der Waals surface area (Å²) >= 11 is 1.59. The first-order chi connectivity index (χ1) is 3.43. The van der Waals surface area contributed by atoms with E-state index in [0.29, 0.717) is 0 Å². The van der Waals surface area contributed by atoms with E-state index in [9.17, 15) is 0 Å². The quantitative estimate of drug-likeness (QED) is 0.538. The van der Waals surface area contributed by atoms with Gasteiger partial charge in [-0.05, 0) is 0 Å². The molecule has 0 unspecified atom stereocenters. The van der Waals surface area contributed by atoms with Crippen LogP contribution in [0.5, 0.6) is 0 Å². The second-order valence-corrected chi connectivity index (χ2v) is 2.03. The van der Waals surface area contributed by atoms with E-state index >= 15 is 0 Å². The summed E-state index contributed by atoms with van der Waals surface area (Å²) in [5, 5.41) is 0. The van der Waals surface area contributed by atoms with Crippen LogP contribution in [0.4, 0.5) is 0 Å². The number of hydrogen-bond acceptors (Lipinski definition) is 2. The van der Waals surface area contributed by atoms with Crippen molar-refractivity contribution < 1.29 is 0 Å². The number of hydrogen-bond donors (Lipinski definition) is 0. The Morgan fingerprint density at radius 3 is 3.00 bits per heavy atom. The summed E-state index contributed by atoms with van der Waals surface area (Å²) in [6.45, 7) is 3.57. The second kappa shape index (κ2) is 1.89. The molecular formula is C5H5NS. The summed E-state index contributed by atoms with van der Waals surface area (Å²) in [5.41, 5.74) is 1.79. The highest BCUT2D eigenvalue weighted by Gasteiger charge is 1.80. The molecule has 0 atom stereocenters. The summed E-state index contributed by atoms with van der Waals surface area (Å²) in [6, 6.07) is 0. The predicted molar refractivity (Wildman–Crippen MR) is 32.2 cm³/mol. The lowest BCUT2D eigenvalue weighted by atomic mass is 10.6. The predicted octanol–water partition coefficient (Wildman–Crippen LogP) is 1.79. The highest BCUT2D eigenvalue weighted by molar-refractivity contribution is 7.10. The monoisotopic (exact) mass is 111 g/mol. The minimum atomic E-state index is 1.13. The summed E-state index contributed by atoms with van der Waals surface area (Å²) in [4.78, 5) is 4.97. The van der Waals surface area contributed by atoms with Crippen LogP contribution in [0.2, 0.25) is 0 Å². The summed E-state index contributed by atoms with van der Waals surface area (Å²) < 4.78 is 0. The van der Waals surface area contributed by atoms with Crippen molar-refractivity contribution >= 4 is 17.4 Å². The van der Waals surface area contributed by atoms with Gasteiger partial charge < -0.3 is 0 Å². The summed E-state index contributed by atoms with van der Waals surface area (Å²) in [7, 11) is 0. The van der Waals surface area contributed by atoms with Gasteiger partial charge in [0.15, 0.2) is 0 Å². The fourth-order valence-electron chi connectivity index (χ4n) is 0.326. The highest BCUT2D eigenvalue weighted by Crippen LogP contribution is 2.04. The van der Waals surface area contributed by atoms with E-state index in [1.165, 1.54) is 0 Å². The molecule has 0 fully saturated rings. The third kappa shape index (κ3) is 0.871. The van der Waals surface area contributed by atoms with Crippen LogP contribution in [0.1, 0.15) is 4.88 Å². The molecule has 1 aromatic heterocycles. The summed E-state index contributed by atoms with van der Waals surface area (Å²) in [6.07, 6.45) is 3.58. The Balaban J connectivity index is 2.96. The number of rotatable bonds is 1. The van der Waals surface area contributed by atoms with Gasteiger partial charge in [0.2, 0.25) is 0 Å². The normalized spacial score (nSPS) is 8.57. The number of thiazole rings is 1. The largest absolute Gasteiger partial charge is 0.253 e. The molecule has 0 radical (unpaired) electrons. The number of aromatic nitrogens is 1. The zero-order chi connectivity index (χ0) is 5.11. The van der Waals surface area contributed by atoms with Crippen LogP contribution in [0.3, 0.4) is 0 Å². The molecule has 0 bridgehead atoms. The SMILES string of the molecule is C=Cc1cncs1. The highest BCUT2D eigenvalue weighted by atomic mass is 32.1. The molecule has 0 amide bonds. The maximum atomic E-state index is 3.84. The number of nitrogens with zero attached hydrogens (tertiary/aromatic N) is 1. The molecule has 0 saturated carbocycles. The van der Waals surface area contributed by atoms with Crippen molar-refractivity contribution in [3.63, 3.8) is 0 Å². The van der Waals surface area contributed by atoms with Crippen LogP contribution in [-0.2, 0) is 0 Å². The first kappa shape index (κ1) is 4.53. The fourth-order valence-corrected chi connectivity index (χ4v) is 0.788. The molecule has 0 aliphatic heterocycles. The Morgan fingerprint density at radius 1 is 1.86 bits per heavy atom. The summed E-state index contributed by atoms with van der Waals surface area (Å²) in [5.74, 6) is 0. The van der Waals surface area contributed by atoms with Crippen molar-refractivity contribution in [2.24, 2.45) is 0 Å². The average Bonchev–Trinajstić information content (AvgIpc) is 2.14. The molecule has 0 aliphatic rings. The topological polar surface area (TPSA) is 12.9 Å². The van der Waals surface area contributed by atoms with Gasteiger partial charge in [-0.25, -0.2) is 0 Å². The van der Waals surface area contributed by atoms with E-state index in [2.05, 4.69) is 11.6 Å². The third-order valence-electron chi connectivity index (χ3n) is 0.653. The van der Waals surface area contributed by atoms with Gasteiger partial charge in [0.1, 0.15) is 0 Å². The van der Waals surface area contributed by atoms with Crippen molar-refractivity contribution in [1.29, 1.82) is 0 Å². The van der Waals surface area contributed by atoms with E-state index in [4.69, 9.17) is 0 Å². The maximum absolute atomic E-state index is 3.84. The Kier molecular flexibility index (Phi) is 1.22. The van der Waals surface area contributed by atoms with Gasteiger partial charge in [0.05, 0.1) is 5.51 Å². The van der Waals surface area contributed by atoms with Crippen LogP contribution in [0, 0.1) is 0 Å².